The van der Waals surface area contributed by atoms with Gasteiger partial charge in [0.1, 0.15) is 11.3 Å². The van der Waals surface area contributed by atoms with Crippen molar-refractivity contribution < 1.29 is 9.15 Å². The molecule has 8 rings (SSSR count). The number of furan rings is 1. The van der Waals surface area contributed by atoms with Gasteiger partial charge in [-0.3, -0.25) is 0 Å². The average Bonchev–Trinajstić information content (AvgIpc) is 3.54. The third-order valence-electron chi connectivity index (χ3n) is 8.31. The maximum absolute atomic E-state index is 6.55. The second-order valence-corrected chi connectivity index (χ2v) is 10.6. The van der Waals surface area contributed by atoms with E-state index in [4.69, 9.17) is 9.15 Å². The topological polar surface area (TPSA) is 27.3 Å². The van der Waals surface area contributed by atoms with Gasteiger partial charge >= 0.3 is 0 Å². The SMILES string of the molecule is COc1ccc(-n2c3cc4c(cc3c3ccc5c6ccccc6oc5c32)-c2ccccc2C4(C)C)cc1. The van der Waals surface area contributed by atoms with Gasteiger partial charge in [-0.1, -0.05) is 62.4 Å². The van der Waals surface area contributed by atoms with Gasteiger partial charge in [-0.15, -0.1) is 0 Å². The van der Waals surface area contributed by atoms with Gasteiger partial charge in [-0.25, -0.2) is 0 Å². The Balaban J connectivity index is 1.57. The van der Waals surface area contributed by atoms with Gasteiger partial charge in [0.05, 0.1) is 18.1 Å². The Bertz CT molecular complexity index is 2040. The predicted molar refractivity (Wildman–Crippen MR) is 152 cm³/mol. The Labute approximate surface area is 214 Å². The highest BCUT2D eigenvalue weighted by Gasteiger charge is 2.36. The summed E-state index contributed by atoms with van der Waals surface area (Å²) in [4.78, 5) is 0. The van der Waals surface area contributed by atoms with Crippen LogP contribution in [0.1, 0.15) is 25.0 Å². The summed E-state index contributed by atoms with van der Waals surface area (Å²) in [7, 11) is 1.70. The number of para-hydroxylation sites is 1. The molecule has 5 aromatic carbocycles. The first kappa shape index (κ1) is 20.7. The van der Waals surface area contributed by atoms with Crippen LogP contribution in [-0.2, 0) is 5.41 Å². The second-order valence-electron chi connectivity index (χ2n) is 10.6. The van der Waals surface area contributed by atoms with Crippen LogP contribution in [0.4, 0.5) is 0 Å². The maximum atomic E-state index is 6.55. The Kier molecular flexibility index (Phi) is 3.93. The van der Waals surface area contributed by atoms with E-state index in [0.717, 1.165) is 38.9 Å². The average molecular weight is 480 g/mol. The predicted octanol–water partition coefficient (Wildman–Crippen LogP) is 9.00. The van der Waals surface area contributed by atoms with Crippen molar-refractivity contribution in [3.63, 3.8) is 0 Å². The summed E-state index contributed by atoms with van der Waals surface area (Å²) in [6.45, 7) is 4.67. The van der Waals surface area contributed by atoms with Crippen molar-refractivity contribution in [2.45, 2.75) is 19.3 Å². The monoisotopic (exact) mass is 479 g/mol. The van der Waals surface area contributed by atoms with Gasteiger partial charge in [0.2, 0.25) is 0 Å². The van der Waals surface area contributed by atoms with E-state index in [-0.39, 0.29) is 5.41 Å². The number of aromatic nitrogens is 1. The summed E-state index contributed by atoms with van der Waals surface area (Å²) in [6.07, 6.45) is 0. The fraction of sp³-hybridized carbons (Fsp3) is 0.118. The quantitative estimate of drug-likeness (QED) is 0.247. The lowest BCUT2D eigenvalue weighted by Crippen LogP contribution is -2.14. The van der Waals surface area contributed by atoms with Crippen molar-refractivity contribution in [3.8, 4) is 22.6 Å². The fourth-order valence-corrected chi connectivity index (χ4v) is 6.47. The molecule has 0 saturated heterocycles. The van der Waals surface area contributed by atoms with Gasteiger partial charge in [0, 0.05) is 32.6 Å². The molecular weight excluding hydrogens is 454 g/mol. The fourth-order valence-electron chi connectivity index (χ4n) is 6.47. The number of ether oxygens (including phenoxy) is 1. The van der Waals surface area contributed by atoms with E-state index >= 15 is 0 Å². The van der Waals surface area contributed by atoms with E-state index in [1.807, 2.05) is 18.2 Å². The van der Waals surface area contributed by atoms with Gasteiger partial charge in [0.25, 0.3) is 0 Å². The molecule has 7 aromatic rings. The molecule has 0 unspecified atom stereocenters. The van der Waals surface area contributed by atoms with Crippen LogP contribution >= 0.6 is 0 Å². The van der Waals surface area contributed by atoms with Crippen LogP contribution in [0.25, 0.3) is 60.6 Å². The Morgan fingerprint density at radius 3 is 2.27 bits per heavy atom. The van der Waals surface area contributed by atoms with E-state index in [1.54, 1.807) is 7.11 Å². The van der Waals surface area contributed by atoms with Crippen molar-refractivity contribution in [2.24, 2.45) is 0 Å². The minimum absolute atomic E-state index is 0.0734. The van der Waals surface area contributed by atoms with Crippen molar-refractivity contribution in [1.29, 1.82) is 0 Å². The van der Waals surface area contributed by atoms with Crippen molar-refractivity contribution >= 4 is 43.7 Å². The third kappa shape index (κ3) is 2.61. The molecule has 37 heavy (non-hydrogen) atoms. The molecular formula is C34H25NO2. The van der Waals surface area contributed by atoms with E-state index < -0.39 is 0 Å². The number of hydrogen-bond donors (Lipinski definition) is 0. The largest absolute Gasteiger partial charge is 0.497 e. The highest BCUT2D eigenvalue weighted by molar-refractivity contribution is 6.22. The van der Waals surface area contributed by atoms with Crippen LogP contribution in [-0.4, -0.2) is 11.7 Å². The summed E-state index contributed by atoms with van der Waals surface area (Å²) >= 11 is 0. The van der Waals surface area contributed by atoms with E-state index in [1.165, 1.54) is 38.5 Å². The second kappa shape index (κ2) is 7.04. The van der Waals surface area contributed by atoms with Gasteiger partial charge < -0.3 is 13.7 Å². The van der Waals surface area contributed by atoms with Gasteiger partial charge in [-0.05, 0) is 70.8 Å². The molecule has 0 bridgehead atoms. The van der Waals surface area contributed by atoms with Crippen LogP contribution in [0.15, 0.2) is 101 Å². The summed E-state index contributed by atoms with van der Waals surface area (Å²) < 4.78 is 14.4. The van der Waals surface area contributed by atoms with Crippen molar-refractivity contribution in [1.82, 2.24) is 4.57 Å². The van der Waals surface area contributed by atoms with Crippen molar-refractivity contribution in [3.05, 3.63) is 108 Å². The zero-order valence-corrected chi connectivity index (χ0v) is 21.0. The number of benzene rings is 5. The van der Waals surface area contributed by atoms with Crippen LogP contribution in [0.3, 0.4) is 0 Å². The minimum atomic E-state index is -0.0734. The molecule has 178 valence electrons. The normalized spacial score (nSPS) is 14.0. The highest BCUT2D eigenvalue weighted by Crippen LogP contribution is 2.51. The van der Waals surface area contributed by atoms with Crippen LogP contribution in [0, 0.1) is 0 Å². The Morgan fingerprint density at radius 1 is 0.676 bits per heavy atom. The standard InChI is InChI=1S/C34H25NO2/c1-34(2)28-10-6-4-8-22(28)26-18-27-24-16-17-25-23-9-5-7-11-31(23)37-33(25)32(24)35(30(27)19-29(26)34)20-12-14-21(36-3)15-13-20/h4-19H,1-3H3. The Morgan fingerprint density at radius 2 is 1.43 bits per heavy atom. The minimum Gasteiger partial charge on any atom is -0.497 e. The number of hydrogen-bond acceptors (Lipinski definition) is 2. The first-order valence-electron chi connectivity index (χ1n) is 12.7. The molecule has 0 radical (unpaired) electrons. The molecule has 1 aliphatic rings. The zero-order valence-electron chi connectivity index (χ0n) is 21.0. The Hall–Kier alpha value is -4.50. The molecule has 1 aliphatic carbocycles. The van der Waals surface area contributed by atoms with Crippen LogP contribution in [0.2, 0.25) is 0 Å². The molecule has 2 heterocycles. The van der Waals surface area contributed by atoms with Crippen LogP contribution in [0.5, 0.6) is 5.75 Å². The number of rotatable bonds is 2. The summed E-state index contributed by atoms with van der Waals surface area (Å²) in [5.41, 5.74) is 10.5. The number of fused-ring (bicyclic) bond motifs is 10. The first-order valence-corrected chi connectivity index (χ1v) is 12.7. The van der Waals surface area contributed by atoms with Gasteiger partial charge in [0.15, 0.2) is 5.58 Å². The van der Waals surface area contributed by atoms with Crippen molar-refractivity contribution in [2.75, 3.05) is 7.11 Å². The van der Waals surface area contributed by atoms with E-state index in [0.29, 0.717) is 0 Å². The summed E-state index contributed by atoms with van der Waals surface area (Å²) in [6, 6.07) is 34.7. The lowest BCUT2D eigenvalue weighted by atomic mass is 9.82. The molecule has 0 saturated carbocycles. The smallest absolute Gasteiger partial charge is 0.160 e. The molecule has 0 amide bonds. The van der Waals surface area contributed by atoms with E-state index in [2.05, 4.69) is 97.3 Å². The lowest BCUT2D eigenvalue weighted by Gasteiger charge is -2.21. The molecule has 0 fully saturated rings. The molecule has 0 aliphatic heterocycles. The molecule has 0 spiro atoms. The lowest BCUT2D eigenvalue weighted by molar-refractivity contribution is 0.415. The molecule has 3 heteroatoms. The van der Waals surface area contributed by atoms with Crippen LogP contribution < -0.4 is 4.74 Å². The number of nitrogens with zero attached hydrogens (tertiary/aromatic N) is 1. The molecule has 2 aromatic heterocycles. The summed E-state index contributed by atoms with van der Waals surface area (Å²) in [5.74, 6) is 0.843. The third-order valence-corrected chi connectivity index (χ3v) is 8.31. The molecule has 0 atom stereocenters. The number of methoxy groups -OCH3 is 1. The zero-order chi connectivity index (χ0) is 24.9. The summed E-state index contributed by atoms with van der Waals surface area (Å²) in [5, 5.41) is 4.71. The molecule has 3 nitrogen and oxygen atoms in total. The van der Waals surface area contributed by atoms with Gasteiger partial charge in [-0.2, -0.15) is 0 Å². The van der Waals surface area contributed by atoms with E-state index in [9.17, 15) is 0 Å². The maximum Gasteiger partial charge on any atom is 0.160 e. The highest BCUT2D eigenvalue weighted by atomic mass is 16.5. The molecule has 0 N–H and O–H groups in total. The first-order chi connectivity index (χ1) is 18.1.